The number of carbonyl (C=O) groups excluding carboxylic acids is 1. The van der Waals surface area contributed by atoms with Crippen LogP contribution in [0.4, 0.5) is 0 Å². The fourth-order valence-electron chi connectivity index (χ4n) is 0.773. The lowest BCUT2D eigenvalue weighted by Gasteiger charge is -1.90. The van der Waals surface area contributed by atoms with E-state index in [0.29, 0.717) is 18.0 Å². The van der Waals surface area contributed by atoms with Crippen LogP contribution >= 0.6 is 11.8 Å². The van der Waals surface area contributed by atoms with Crippen LogP contribution in [-0.4, -0.2) is 25.9 Å². The van der Waals surface area contributed by atoms with Crippen molar-refractivity contribution in [2.45, 2.75) is 13.3 Å². The van der Waals surface area contributed by atoms with E-state index in [2.05, 4.69) is 21.8 Å². The highest BCUT2D eigenvalue weighted by molar-refractivity contribution is 8.13. The van der Waals surface area contributed by atoms with Crippen LogP contribution in [0.15, 0.2) is 12.4 Å². The van der Waals surface area contributed by atoms with E-state index in [0.717, 1.165) is 0 Å². The Balaban J connectivity index is 2.38. The lowest BCUT2D eigenvalue weighted by atomic mass is 10.4. The first-order valence-electron chi connectivity index (χ1n) is 4.32. The number of hydrogen-bond acceptors (Lipinski definition) is 5. The molecule has 4 nitrogen and oxygen atoms in total. The molecular formula is C10H10N2O2S. The van der Waals surface area contributed by atoms with Gasteiger partial charge in [-0.1, -0.05) is 17.7 Å². The van der Waals surface area contributed by atoms with Gasteiger partial charge in [0.15, 0.2) is 10.9 Å². The topological polar surface area (TPSA) is 63.1 Å². The molecule has 1 heterocycles. The third-order valence-electron chi connectivity index (χ3n) is 1.37. The van der Waals surface area contributed by atoms with Crippen LogP contribution in [0.3, 0.4) is 0 Å². The molecule has 0 amide bonds. The first kappa shape index (κ1) is 11.5. The zero-order chi connectivity index (χ0) is 11.1. The molecule has 0 saturated carbocycles. The minimum atomic E-state index is 0.0210. The Kier molecular flexibility index (Phi) is 4.64. The van der Waals surface area contributed by atoms with Gasteiger partial charge in [0.05, 0.1) is 12.4 Å². The first-order chi connectivity index (χ1) is 7.18. The zero-order valence-corrected chi connectivity index (χ0v) is 9.04. The number of hydrogen-bond donors (Lipinski definition) is 1. The van der Waals surface area contributed by atoms with E-state index >= 15 is 0 Å². The molecular weight excluding hydrogens is 212 g/mol. The van der Waals surface area contributed by atoms with Crippen molar-refractivity contribution in [3.05, 3.63) is 18.2 Å². The maximum atomic E-state index is 10.6. The summed E-state index contributed by atoms with van der Waals surface area (Å²) in [4.78, 5) is 18.2. The number of carbonyl (C=O) groups is 1. The third-order valence-corrected chi connectivity index (χ3v) is 2.19. The van der Waals surface area contributed by atoms with Crippen molar-refractivity contribution in [1.29, 1.82) is 0 Å². The standard InChI is InChI=1S/C10H10N2O2S/c1-8(13)15-5-3-2-4-10-11-6-9(14)7-12-10/h6-7,14H,3,5H2,1H3. The molecule has 15 heavy (non-hydrogen) atoms. The maximum absolute atomic E-state index is 10.6. The van der Waals surface area contributed by atoms with Crippen LogP contribution in [-0.2, 0) is 4.79 Å². The highest BCUT2D eigenvalue weighted by atomic mass is 32.2. The monoisotopic (exact) mass is 222 g/mol. The van der Waals surface area contributed by atoms with Crippen molar-refractivity contribution in [1.82, 2.24) is 9.97 Å². The number of rotatable bonds is 2. The molecule has 1 aromatic rings. The number of aromatic hydroxyl groups is 1. The predicted molar refractivity (Wildman–Crippen MR) is 58.3 cm³/mol. The van der Waals surface area contributed by atoms with E-state index in [1.807, 2.05) is 0 Å². The van der Waals surface area contributed by atoms with Gasteiger partial charge in [-0.3, -0.25) is 4.79 Å². The molecule has 5 heteroatoms. The molecule has 0 aromatic carbocycles. The summed E-state index contributed by atoms with van der Waals surface area (Å²) in [7, 11) is 0. The van der Waals surface area contributed by atoms with Gasteiger partial charge in [-0.15, -0.1) is 0 Å². The molecule has 1 aromatic heterocycles. The Morgan fingerprint density at radius 3 is 2.80 bits per heavy atom. The second kappa shape index (κ2) is 6.04. The highest BCUT2D eigenvalue weighted by Crippen LogP contribution is 2.03. The van der Waals surface area contributed by atoms with Gasteiger partial charge in [0.25, 0.3) is 0 Å². The molecule has 0 unspecified atom stereocenters. The van der Waals surface area contributed by atoms with E-state index in [4.69, 9.17) is 5.11 Å². The summed E-state index contributed by atoms with van der Waals surface area (Å²) in [5, 5.41) is 9.01. The van der Waals surface area contributed by atoms with Gasteiger partial charge in [-0.05, 0) is 5.92 Å². The average Bonchev–Trinajstić information content (AvgIpc) is 2.20. The van der Waals surface area contributed by atoms with Crippen LogP contribution in [0.1, 0.15) is 19.2 Å². The largest absolute Gasteiger partial charge is 0.505 e. The summed E-state index contributed by atoms with van der Waals surface area (Å²) in [6.45, 7) is 1.53. The van der Waals surface area contributed by atoms with Gasteiger partial charge in [-0.25, -0.2) is 9.97 Å². The lowest BCUT2D eigenvalue weighted by molar-refractivity contribution is -0.109. The molecule has 78 valence electrons. The van der Waals surface area contributed by atoms with Crippen LogP contribution in [0.25, 0.3) is 0 Å². The minimum absolute atomic E-state index is 0.0210. The van der Waals surface area contributed by atoms with Gasteiger partial charge < -0.3 is 5.11 Å². The molecule has 0 saturated heterocycles. The van der Waals surface area contributed by atoms with Crippen molar-refractivity contribution in [3.63, 3.8) is 0 Å². The molecule has 0 fully saturated rings. The normalized spacial score (nSPS) is 9.13. The van der Waals surface area contributed by atoms with Gasteiger partial charge in [0, 0.05) is 19.1 Å². The highest BCUT2D eigenvalue weighted by Gasteiger charge is 1.92. The molecule has 0 aliphatic rings. The smallest absolute Gasteiger partial charge is 0.205 e. The van der Waals surface area contributed by atoms with Crippen molar-refractivity contribution < 1.29 is 9.90 Å². The van der Waals surface area contributed by atoms with Crippen LogP contribution in [0, 0.1) is 11.8 Å². The molecule has 0 spiro atoms. The Labute approximate surface area is 92.1 Å². The summed E-state index contributed by atoms with van der Waals surface area (Å²) in [5.74, 6) is 6.66. The number of nitrogens with zero attached hydrogens (tertiary/aromatic N) is 2. The molecule has 0 radical (unpaired) electrons. The fraction of sp³-hybridized carbons (Fsp3) is 0.300. The molecule has 0 atom stereocenters. The maximum Gasteiger partial charge on any atom is 0.205 e. The first-order valence-corrected chi connectivity index (χ1v) is 5.30. The van der Waals surface area contributed by atoms with Gasteiger partial charge in [0.1, 0.15) is 0 Å². The van der Waals surface area contributed by atoms with Gasteiger partial charge >= 0.3 is 0 Å². The Morgan fingerprint density at radius 1 is 1.53 bits per heavy atom. The SMILES string of the molecule is CC(=O)SCCC#Cc1ncc(O)cn1. The average molecular weight is 222 g/mol. The van der Waals surface area contributed by atoms with E-state index in [1.54, 1.807) is 0 Å². The second-order valence-electron chi connectivity index (χ2n) is 2.66. The second-order valence-corrected chi connectivity index (χ2v) is 3.93. The summed E-state index contributed by atoms with van der Waals surface area (Å²) < 4.78 is 0. The van der Waals surface area contributed by atoms with Crippen LogP contribution in [0.2, 0.25) is 0 Å². The zero-order valence-electron chi connectivity index (χ0n) is 8.23. The van der Waals surface area contributed by atoms with E-state index in [9.17, 15) is 4.79 Å². The lowest BCUT2D eigenvalue weighted by Crippen LogP contribution is -1.87. The summed E-state index contributed by atoms with van der Waals surface area (Å²) in [6.07, 6.45) is 3.21. The van der Waals surface area contributed by atoms with E-state index in [1.165, 1.54) is 31.1 Å². The van der Waals surface area contributed by atoms with Crippen molar-refractivity contribution in [2.24, 2.45) is 0 Å². The Bertz CT molecular complexity index is 392. The minimum Gasteiger partial charge on any atom is -0.505 e. The Morgan fingerprint density at radius 2 is 2.20 bits per heavy atom. The van der Waals surface area contributed by atoms with Gasteiger partial charge in [-0.2, -0.15) is 0 Å². The van der Waals surface area contributed by atoms with E-state index in [-0.39, 0.29) is 10.9 Å². The molecule has 1 N–H and O–H groups in total. The van der Waals surface area contributed by atoms with E-state index < -0.39 is 0 Å². The molecule has 0 aliphatic heterocycles. The van der Waals surface area contributed by atoms with Crippen LogP contribution in [0.5, 0.6) is 5.75 Å². The predicted octanol–water partition coefficient (Wildman–Crippen LogP) is 1.20. The number of thioether (sulfide) groups is 1. The fourth-order valence-corrected chi connectivity index (χ4v) is 1.26. The van der Waals surface area contributed by atoms with Crippen molar-refractivity contribution in [2.75, 3.05) is 5.75 Å². The van der Waals surface area contributed by atoms with Crippen LogP contribution < -0.4 is 0 Å². The summed E-state index contributed by atoms with van der Waals surface area (Å²) in [5.41, 5.74) is 0. The van der Waals surface area contributed by atoms with Crippen molar-refractivity contribution in [3.8, 4) is 17.6 Å². The van der Waals surface area contributed by atoms with Crippen molar-refractivity contribution >= 4 is 16.9 Å². The Hall–Kier alpha value is -1.54. The summed E-state index contributed by atoms with van der Waals surface area (Å²) >= 11 is 1.25. The molecule has 1 rings (SSSR count). The summed E-state index contributed by atoms with van der Waals surface area (Å²) in [6, 6.07) is 0. The number of aromatic nitrogens is 2. The molecule has 0 bridgehead atoms. The third kappa shape index (κ3) is 5.03. The molecule has 0 aliphatic carbocycles. The van der Waals surface area contributed by atoms with Gasteiger partial charge in [0.2, 0.25) is 5.82 Å². The quantitative estimate of drug-likeness (QED) is 0.602.